The number of nitrogens with two attached hydrogens (primary N) is 1. The first-order valence-electron chi connectivity index (χ1n) is 11.5. The third-order valence-corrected chi connectivity index (χ3v) is 5.81. The van der Waals surface area contributed by atoms with Crippen molar-refractivity contribution in [1.29, 1.82) is 0 Å². The number of oxime groups is 1. The Morgan fingerprint density at radius 2 is 1.86 bits per heavy atom. The molecule has 2 atom stereocenters. The van der Waals surface area contributed by atoms with Crippen molar-refractivity contribution in [2.45, 2.75) is 44.8 Å². The smallest absolute Gasteiger partial charge is 0.407 e. The highest BCUT2D eigenvalue weighted by molar-refractivity contribution is 5.97. The number of likely N-dealkylation sites (tertiary alicyclic amines) is 1. The third-order valence-electron chi connectivity index (χ3n) is 5.81. The molecule has 5 N–H and O–H groups in total. The number of carbonyl (C=O) groups excluding carboxylic acids is 3. The Balaban J connectivity index is 1.66. The SMILES string of the molecule is CCOC(=O)N[C@H](Cc1ccccc1)C(=O)N1CCC[C@H]1C(=O)NCc1ccc(C(N)=NO)cc1. The van der Waals surface area contributed by atoms with Gasteiger partial charge in [-0.25, -0.2) is 4.79 Å². The molecule has 0 aliphatic carbocycles. The zero-order chi connectivity index (χ0) is 25.2. The van der Waals surface area contributed by atoms with Crippen LogP contribution in [0.4, 0.5) is 4.79 Å². The highest BCUT2D eigenvalue weighted by Gasteiger charge is 2.37. The van der Waals surface area contributed by atoms with E-state index in [0.29, 0.717) is 24.9 Å². The molecule has 10 heteroatoms. The van der Waals surface area contributed by atoms with Crippen molar-refractivity contribution < 1.29 is 24.3 Å². The van der Waals surface area contributed by atoms with Gasteiger partial charge >= 0.3 is 6.09 Å². The maximum Gasteiger partial charge on any atom is 0.407 e. The lowest BCUT2D eigenvalue weighted by molar-refractivity contribution is -0.140. The minimum absolute atomic E-state index is 0.00202. The van der Waals surface area contributed by atoms with Crippen LogP contribution in [-0.4, -0.2) is 59.1 Å². The van der Waals surface area contributed by atoms with Gasteiger partial charge in [-0.3, -0.25) is 9.59 Å². The van der Waals surface area contributed by atoms with Crippen molar-refractivity contribution in [1.82, 2.24) is 15.5 Å². The Hall–Kier alpha value is -4.08. The van der Waals surface area contributed by atoms with Crippen LogP contribution in [0.5, 0.6) is 0 Å². The first-order valence-corrected chi connectivity index (χ1v) is 11.5. The van der Waals surface area contributed by atoms with Crippen LogP contribution in [0.25, 0.3) is 0 Å². The number of amides is 3. The molecule has 1 saturated heterocycles. The normalized spacial score (nSPS) is 16.4. The van der Waals surface area contributed by atoms with Crippen LogP contribution in [-0.2, 0) is 27.3 Å². The van der Waals surface area contributed by atoms with E-state index in [0.717, 1.165) is 11.1 Å². The molecule has 35 heavy (non-hydrogen) atoms. The van der Waals surface area contributed by atoms with Gasteiger partial charge in [0.25, 0.3) is 0 Å². The number of hydrogen-bond acceptors (Lipinski definition) is 6. The van der Waals surface area contributed by atoms with Crippen LogP contribution in [0.2, 0.25) is 0 Å². The molecule has 1 heterocycles. The molecule has 0 aromatic heterocycles. The fraction of sp³-hybridized carbons (Fsp3) is 0.360. The Bertz CT molecular complexity index is 1040. The molecule has 2 aromatic rings. The monoisotopic (exact) mass is 481 g/mol. The second-order valence-corrected chi connectivity index (χ2v) is 8.20. The molecule has 1 aliphatic heterocycles. The van der Waals surface area contributed by atoms with Gasteiger partial charge in [0.1, 0.15) is 12.1 Å². The van der Waals surface area contributed by atoms with Crippen molar-refractivity contribution >= 4 is 23.7 Å². The van der Waals surface area contributed by atoms with Crippen molar-refractivity contribution in [3.8, 4) is 0 Å². The van der Waals surface area contributed by atoms with Crippen LogP contribution >= 0.6 is 0 Å². The van der Waals surface area contributed by atoms with Gasteiger partial charge in [0.05, 0.1) is 6.61 Å². The van der Waals surface area contributed by atoms with Crippen LogP contribution in [0, 0.1) is 0 Å². The van der Waals surface area contributed by atoms with Gasteiger partial charge < -0.3 is 31.2 Å². The molecular weight excluding hydrogens is 450 g/mol. The van der Waals surface area contributed by atoms with E-state index in [1.54, 1.807) is 31.2 Å². The first kappa shape index (κ1) is 25.5. The molecule has 0 radical (unpaired) electrons. The number of ether oxygens (including phenoxy) is 1. The zero-order valence-corrected chi connectivity index (χ0v) is 19.6. The molecule has 3 amide bonds. The standard InChI is InChI=1S/C25H31N5O5/c1-2-35-25(33)28-20(15-17-7-4-3-5-8-17)24(32)30-14-6-9-21(30)23(31)27-16-18-10-12-19(13-11-18)22(26)29-34/h3-5,7-8,10-13,20-21,34H,2,6,9,14-16H2,1H3,(H2,26,29)(H,27,31)(H,28,33)/t20-,21+/m1/s1. The maximum absolute atomic E-state index is 13.4. The molecule has 3 rings (SSSR count). The molecule has 0 spiro atoms. The Labute approximate surface area is 204 Å². The fourth-order valence-corrected chi connectivity index (χ4v) is 4.03. The second-order valence-electron chi connectivity index (χ2n) is 8.20. The Morgan fingerprint density at radius 1 is 1.14 bits per heavy atom. The number of amidine groups is 1. The van der Waals surface area contributed by atoms with Gasteiger partial charge in [-0.05, 0) is 30.9 Å². The lowest BCUT2D eigenvalue weighted by Gasteiger charge is -2.28. The lowest BCUT2D eigenvalue weighted by atomic mass is 10.0. The largest absolute Gasteiger partial charge is 0.450 e. The number of carbonyl (C=O) groups is 3. The highest BCUT2D eigenvalue weighted by atomic mass is 16.5. The molecule has 0 unspecified atom stereocenters. The van der Waals surface area contributed by atoms with Crippen molar-refractivity contribution in [3.05, 3.63) is 71.3 Å². The summed E-state index contributed by atoms with van der Waals surface area (Å²) in [5.41, 5.74) is 7.85. The van der Waals surface area contributed by atoms with Gasteiger partial charge in [0.15, 0.2) is 5.84 Å². The summed E-state index contributed by atoms with van der Waals surface area (Å²) in [6.07, 6.45) is 0.848. The van der Waals surface area contributed by atoms with E-state index < -0.39 is 18.2 Å². The van der Waals surface area contributed by atoms with Gasteiger partial charge in [-0.2, -0.15) is 0 Å². The van der Waals surface area contributed by atoms with Crippen LogP contribution < -0.4 is 16.4 Å². The van der Waals surface area contributed by atoms with Gasteiger partial charge in [-0.15, -0.1) is 0 Å². The summed E-state index contributed by atoms with van der Waals surface area (Å²) >= 11 is 0. The molecule has 0 bridgehead atoms. The molecule has 10 nitrogen and oxygen atoms in total. The van der Waals surface area contributed by atoms with Gasteiger partial charge in [-0.1, -0.05) is 59.8 Å². The molecular formula is C25H31N5O5. The summed E-state index contributed by atoms with van der Waals surface area (Å²) in [4.78, 5) is 40.1. The number of rotatable bonds is 9. The van der Waals surface area contributed by atoms with Crippen LogP contribution in [0.3, 0.4) is 0 Å². The second kappa shape index (κ2) is 12.4. The number of nitrogens with one attached hydrogen (secondary N) is 2. The van der Waals surface area contributed by atoms with E-state index in [1.165, 1.54) is 4.90 Å². The lowest BCUT2D eigenvalue weighted by Crippen LogP contribution is -2.54. The van der Waals surface area contributed by atoms with E-state index >= 15 is 0 Å². The molecule has 2 aromatic carbocycles. The summed E-state index contributed by atoms with van der Waals surface area (Å²) < 4.78 is 4.99. The summed E-state index contributed by atoms with van der Waals surface area (Å²) in [5.74, 6) is -0.573. The molecule has 1 aliphatic rings. The predicted octanol–water partition coefficient (Wildman–Crippen LogP) is 1.75. The Morgan fingerprint density at radius 3 is 2.51 bits per heavy atom. The quantitative estimate of drug-likeness (QED) is 0.186. The summed E-state index contributed by atoms with van der Waals surface area (Å²) in [6.45, 7) is 2.58. The zero-order valence-electron chi connectivity index (χ0n) is 19.6. The molecule has 186 valence electrons. The topological polar surface area (TPSA) is 146 Å². The van der Waals surface area contributed by atoms with Crippen LogP contribution in [0.15, 0.2) is 59.8 Å². The number of nitrogens with zero attached hydrogens (tertiary/aromatic N) is 2. The summed E-state index contributed by atoms with van der Waals surface area (Å²) in [5, 5.41) is 17.3. The molecule has 0 saturated carbocycles. The summed E-state index contributed by atoms with van der Waals surface area (Å²) in [7, 11) is 0. The number of hydrogen-bond donors (Lipinski definition) is 4. The minimum atomic E-state index is -0.851. The average Bonchev–Trinajstić information content (AvgIpc) is 3.37. The average molecular weight is 482 g/mol. The van der Waals surface area contributed by atoms with E-state index in [-0.39, 0.29) is 37.2 Å². The van der Waals surface area contributed by atoms with E-state index in [9.17, 15) is 14.4 Å². The van der Waals surface area contributed by atoms with E-state index in [1.807, 2.05) is 30.3 Å². The van der Waals surface area contributed by atoms with Crippen LogP contribution in [0.1, 0.15) is 36.5 Å². The van der Waals surface area contributed by atoms with E-state index in [4.69, 9.17) is 15.7 Å². The highest BCUT2D eigenvalue weighted by Crippen LogP contribution is 2.20. The van der Waals surface area contributed by atoms with Crippen molar-refractivity contribution in [2.75, 3.05) is 13.2 Å². The maximum atomic E-state index is 13.4. The van der Waals surface area contributed by atoms with Gasteiger partial charge in [0, 0.05) is 25.1 Å². The van der Waals surface area contributed by atoms with Crippen molar-refractivity contribution in [3.63, 3.8) is 0 Å². The fourth-order valence-electron chi connectivity index (χ4n) is 4.03. The Kier molecular flexibility index (Phi) is 9.05. The summed E-state index contributed by atoms with van der Waals surface area (Å²) in [6, 6.07) is 14.8. The third kappa shape index (κ3) is 6.95. The van der Waals surface area contributed by atoms with E-state index in [2.05, 4.69) is 15.8 Å². The number of benzene rings is 2. The minimum Gasteiger partial charge on any atom is -0.450 e. The number of alkyl carbamates (subject to hydrolysis) is 1. The van der Waals surface area contributed by atoms with Crippen molar-refractivity contribution in [2.24, 2.45) is 10.9 Å². The van der Waals surface area contributed by atoms with Gasteiger partial charge in [0.2, 0.25) is 11.8 Å². The predicted molar refractivity (Wildman–Crippen MR) is 130 cm³/mol. The first-order chi connectivity index (χ1) is 16.9. The molecule has 1 fully saturated rings.